The summed E-state index contributed by atoms with van der Waals surface area (Å²) in [6, 6.07) is 14.9. The van der Waals surface area contributed by atoms with Gasteiger partial charge >= 0.3 is 6.18 Å². The normalized spacial score (nSPS) is 19.4. The van der Waals surface area contributed by atoms with Gasteiger partial charge < -0.3 is 4.79 Å². The molecule has 0 saturated carbocycles. The number of alkyl halides is 3. The van der Waals surface area contributed by atoms with Gasteiger partial charge in [-0.1, -0.05) is 42.5 Å². The molecule has 0 aliphatic carbocycles. The third-order valence-electron chi connectivity index (χ3n) is 4.43. The molecule has 2 nitrogen and oxygen atoms in total. The number of Topliss-reactive ketones (excluding diaryl/α,β-unsaturated/α-hetero) is 1. The van der Waals surface area contributed by atoms with Gasteiger partial charge in [0.25, 0.3) is 0 Å². The molecular formula is C20H18F3NO. The minimum absolute atomic E-state index is 0.0845. The van der Waals surface area contributed by atoms with Crippen molar-refractivity contribution in [1.82, 2.24) is 0 Å². The van der Waals surface area contributed by atoms with E-state index in [1.807, 2.05) is 30.3 Å². The highest BCUT2D eigenvalue weighted by molar-refractivity contribution is 6.17. The summed E-state index contributed by atoms with van der Waals surface area (Å²) in [5.74, 6) is 0.0845. The predicted molar refractivity (Wildman–Crippen MR) is 90.8 cm³/mol. The molecular weight excluding hydrogens is 327 g/mol. The number of carbonyl (C=O) groups is 1. The standard InChI is InChI=1S/C20H18F3NO/c1-14(25)11-12-19(13-15-5-3-2-4-6-15)18(24-19)16-7-9-17(10-8-16)20(21,22)23/h2-10H,11-13H2,1H3. The van der Waals surface area contributed by atoms with E-state index in [1.54, 1.807) is 0 Å². The number of nitrogens with zero attached hydrogens (tertiary/aromatic N) is 1. The molecule has 2 aromatic carbocycles. The van der Waals surface area contributed by atoms with Crippen LogP contribution in [0, 0.1) is 0 Å². The zero-order valence-corrected chi connectivity index (χ0v) is 13.8. The number of halogens is 3. The first-order valence-corrected chi connectivity index (χ1v) is 8.11. The SMILES string of the molecule is CC(=O)CCC1(Cc2ccccc2)N=C1c1ccc(C(F)(F)F)cc1. The van der Waals surface area contributed by atoms with E-state index in [4.69, 9.17) is 0 Å². The average Bonchev–Trinajstić information content (AvgIpc) is 3.28. The van der Waals surface area contributed by atoms with Crippen LogP contribution in [0.3, 0.4) is 0 Å². The molecule has 0 radical (unpaired) electrons. The summed E-state index contributed by atoms with van der Waals surface area (Å²) < 4.78 is 38.2. The van der Waals surface area contributed by atoms with Crippen LogP contribution in [0.25, 0.3) is 0 Å². The number of benzene rings is 2. The number of aliphatic imine (C=N–C) groups is 1. The third-order valence-corrected chi connectivity index (χ3v) is 4.43. The number of hydrogen-bond donors (Lipinski definition) is 0. The van der Waals surface area contributed by atoms with Crippen LogP contribution in [0.5, 0.6) is 0 Å². The summed E-state index contributed by atoms with van der Waals surface area (Å²) in [4.78, 5) is 16.0. The Balaban J connectivity index is 1.80. The molecule has 5 heteroatoms. The van der Waals surface area contributed by atoms with Crippen molar-refractivity contribution in [3.63, 3.8) is 0 Å². The number of carbonyl (C=O) groups excluding carboxylic acids is 1. The lowest BCUT2D eigenvalue weighted by atomic mass is 9.86. The first-order valence-electron chi connectivity index (χ1n) is 8.11. The monoisotopic (exact) mass is 345 g/mol. The number of ketones is 1. The zero-order chi connectivity index (χ0) is 18.1. The van der Waals surface area contributed by atoms with Crippen molar-refractivity contribution in [3.05, 3.63) is 71.3 Å². The lowest BCUT2D eigenvalue weighted by Gasteiger charge is -2.15. The Morgan fingerprint density at radius 3 is 2.24 bits per heavy atom. The topological polar surface area (TPSA) is 29.4 Å². The molecule has 25 heavy (non-hydrogen) atoms. The van der Waals surface area contributed by atoms with Crippen LogP contribution in [0.1, 0.15) is 36.5 Å². The van der Waals surface area contributed by atoms with Crippen LogP contribution in [0.2, 0.25) is 0 Å². The highest BCUT2D eigenvalue weighted by atomic mass is 19.4. The molecule has 1 atom stereocenters. The van der Waals surface area contributed by atoms with Crippen LogP contribution in [-0.2, 0) is 17.4 Å². The van der Waals surface area contributed by atoms with Gasteiger partial charge in [-0.05, 0) is 36.6 Å². The van der Waals surface area contributed by atoms with E-state index in [1.165, 1.54) is 19.1 Å². The van der Waals surface area contributed by atoms with E-state index in [0.29, 0.717) is 24.8 Å². The van der Waals surface area contributed by atoms with Crippen molar-refractivity contribution < 1.29 is 18.0 Å². The summed E-state index contributed by atoms with van der Waals surface area (Å²) in [5.41, 5.74) is 1.41. The fraction of sp³-hybridized carbons (Fsp3) is 0.300. The molecule has 0 amide bonds. The number of rotatable bonds is 6. The highest BCUT2D eigenvalue weighted by Crippen LogP contribution is 2.40. The molecule has 0 bridgehead atoms. The quantitative estimate of drug-likeness (QED) is 0.735. The Morgan fingerprint density at radius 2 is 1.68 bits per heavy atom. The molecule has 1 aliphatic rings. The summed E-state index contributed by atoms with van der Waals surface area (Å²) in [6.45, 7) is 1.54. The molecule has 1 aliphatic heterocycles. The highest BCUT2D eigenvalue weighted by Gasteiger charge is 2.47. The maximum atomic E-state index is 12.7. The minimum atomic E-state index is -4.35. The Kier molecular flexibility index (Phi) is 4.50. The molecule has 0 aromatic heterocycles. The third kappa shape index (κ3) is 3.98. The summed E-state index contributed by atoms with van der Waals surface area (Å²) >= 11 is 0. The first kappa shape index (κ1) is 17.4. The lowest BCUT2D eigenvalue weighted by molar-refractivity contribution is -0.137. The van der Waals surface area contributed by atoms with Crippen molar-refractivity contribution in [1.29, 1.82) is 0 Å². The second kappa shape index (κ2) is 6.47. The molecule has 0 fully saturated rings. The van der Waals surface area contributed by atoms with Gasteiger partial charge in [-0.2, -0.15) is 13.2 Å². The predicted octanol–water partition coefficient (Wildman–Crippen LogP) is 4.86. The molecule has 0 saturated heterocycles. The second-order valence-corrected chi connectivity index (χ2v) is 6.43. The van der Waals surface area contributed by atoms with Gasteiger partial charge in [0.15, 0.2) is 0 Å². The fourth-order valence-corrected chi connectivity index (χ4v) is 3.04. The summed E-state index contributed by atoms with van der Waals surface area (Å²) in [6.07, 6.45) is -2.72. The Morgan fingerprint density at radius 1 is 1.04 bits per heavy atom. The van der Waals surface area contributed by atoms with E-state index in [2.05, 4.69) is 4.99 Å². The summed E-state index contributed by atoms with van der Waals surface area (Å²) in [7, 11) is 0. The van der Waals surface area contributed by atoms with Crippen LogP contribution in [0.15, 0.2) is 59.6 Å². The minimum Gasteiger partial charge on any atom is -0.300 e. The molecule has 3 rings (SSSR count). The molecule has 0 spiro atoms. The van der Waals surface area contributed by atoms with E-state index in [0.717, 1.165) is 23.4 Å². The van der Waals surface area contributed by atoms with Gasteiger partial charge in [-0.3, -0.25) is 4.99 Å². The molecule has 2 aromatic rings. The van der Waals surface area contributed by atoms with Crippen molar-refractivity contribution in [2.24, 2.45) is 4.99 Å². The largest absolute Gasteiger partial charge is 0.416 e. The van der Waals surface area contributed by atoms with Gasteiger partial charge in [-0.25, -0.2) is 0 Å². The number of hydrogen-bond acceptors (Lipinski definition) is 2. The molecule has 0 N–H and O–H groups in total. The maximum Gasteiger partial charge on any atom is 0.416 e. The van der Waals surface area contributed by atoms with Crippen LogP contribution < -0.4 is 0 Å². The molecule has 130 valence electrons. The Bertz CT molecular complexity index is 794. The lowest BCUT2D eigenvalue weighted by Crippen LogP contribution is -2.24. The van der Waals surface area contributed by atoms with E-state index >= 15 is 0 Å². The van der Waals surface area contributed by atoms with Crippen LogP contribution in [-0.4, -0.2) is 17.0 Å². The van der Waals surface area contributed by atoms with Gasteiger partial charge in [0.2, 0.25) is 0 Å². The van der Waals surface area contributed by atoms with Gasteiger partial charge in [0, 0.05) is 12.8 Å². The van der Waals surface area contributed by atoms with Crippen LogP contribution in [0.4, 0.5) is 13.2 Å². The van der Waals surface area contributed by atoms with Crippen molar-refractivity contribution >= 4 is 11.5 Å². The van der Waals surface area contributed by atoms with Gasteiger partial charge in [0.1, 0.15) is 11.3 Å². The Hall–Kier alpha value is -2.43. The second-order valence-electron chi connectivity index (χ2n) is 6.43. The van der Waals surface area contributed by atoms with E-state index < -0.39 is 17.3 Å². The average molecular weight is 345 g/mol. The van der Waals surface area contributed by atoms with Gasteiger partial charge in [-0.15, -0.1) is 0 Å². The maximum absolute atomic E-state index is 12.7. The van der Waals surface area contributed by atoms with Crippen molar-refractivity contribution in [3.8, 4) is 0 Å². The van der Waals surface area contributed by atoms with Crippen molar-refractivity contribution in [2.75, 3.05) is 0 Å². The van der Waals surface area contributed by atoms with Gasteiger partial charge in [0.05, 0.1) is 11.3 Å². The first-order chi connectivity index (χ1) is 11.8. The molecule has 1 heterocycles. The van der Waals surface area contributed by atoms with Crippen LogP contribution >= 0.6 is 0 Å². The fourth-order valence-electron chi connectivity index (χ4n) is 3.04. The molecule has 1 unspecified atom stereocenters. The van der Waals surface area contributed by atoms with Crippen molar-refractivity contribution in [2.45, 2.75) is 37.9 Å². The Labute approximate surface area is 144 Å². The van der Waals surface area contributed by atoms with E-state index in [9.17, 15) is 18.0 Å². The smallest absolute Gasteiger partial charge is 0.300 e. The zero-order valence-electron chi connectivity index (χ0n) is 13.8. The van der Waals surface area contributed by atoms with E-state index in [-0.39, 0.29) is 5.78 Å². The summed E-state index contributed by atoms with van der Waals surface area (Å²) in [5, 5.41) is 0.